The van der Waals surface area contributed by atoms with Crippen molar-refractivity contribution in [3.8, 4) is 16.9 Å². The Balaban J connectivity index is 1.45. The summed E-state index contributed by atoms with van der Waals surface area (Å²) in [6.45, 7) is 1.96. The van der Waals surface area contributed by atoms with Gasteiger partial charge in [-0.15, -0.1) is 0 Å². The van der Waals surface area contributed by atoms with E-state index in [0.29, 0.717) is 24.1 Å². The van der Waals surface area contributed by atoms with Crippen molar-refractivity contribution in [3.05, 3.63) is 82.6 Å². The SMILES string of the molecule is CC(=O)c1ccccc1-c1ccc2c(c1)CC(CNC(=O)c1ccnc(Cl)c1)O2. The van der Waals surface area contributed by atoms with Crippen LogP contribution in [0.5, 0.6) is 5.75 Å². The zero-order valence-electron chi connectivity index (χ0n) is 15.8. The average Bonchev–Trinajstić information content (AvgIpc) is 3.14. The minimum Gasteiger partial charge on any atom is -0.488 e. The summed E-state index contributed by atoms with van der Waals surface area (Å²) in [4.78, 5) is 28.1. The third kappa shape index (κ3) is 4.15. The third-order valence-electron chi connectivity index (χ3n) is 4.90. The van der Waals surface area contributed by atoms with Crippen LogP contribution < -0.4 is 10.1 Å². The van der Waals surface area contributed by atoms with Gasteiger partial charge >= 0.3 is 0 Å². The predicted octanol–water partition coefficient (Wildman–Crippen LogP) is 4.34. The van der Waals surface area contributed by atoms with E-state index in [-0.39, 0.29) is 22.9 Å². The molecule has 0 aliphatic carbocycles. The molecule has 146 valence electrons. The van der Waals surface area contributed by atoms with Crippen molar-refractivity contribution < 1.29 is 14.3 Å². The number of fused-ring (bicyclic) bond motifs is 1. The second kappa shape index (κ2) is 8.05. The standard InChI is InChI=1S/C23H19ClN2O3/c1-14(27)19-4-2-3-5-20(19)15-6-7-21-17(10-15)11-18(29-21)13-26-23(28)16-8-9-25-22(24)12-16/h2-10,12,18H,11,13H2,1H3,(H,26,28). The number of pyridine rings is 1. The van der Waals surface area contributed by atoms with Crippen molar-refractivity contribution in [1.29, 1.82) is 0 Å². The van der Waals surface area contributed by atoms with Gasteiger partial charge in [0.2, 0.25) is 0 Å². The molecule has 1 amide bonds. The van der Waals surface area contributed by atoms with Crippen molar-refractivity contribution in [2.24, 2.45) is 0 Å². The second-order valence-electron chi connectivity index (χ2n) is 6.95. The molecule has 1 aromatic heterocycles. The maximum absolute atomic E-state index is 12.3. The molecule has 1 aliphatic heterocycles. The summed E-state index contributed by atoms with van der Waals surface area (Å²) in [5.74, 6) is 0.624. The number of ketones is 1. The van der Waals surface area contributed by atoms with Crippen LogP contribution in [0.15, 0.2) is 60.8 Å². The van der Waals surface area contributed by atoms with Gasteiger partial charge in [-0.1, -0.05) is 41.9 Å². The first-order valence-electron chi connectivity index (χ1n) is 9.31. The van der Waals surface area contributed by atoms with E-state index >= 15 is 0 Å². The number of nitrogens with zero attached hydrogens (tertiary/aromatic N) is 1. The summed E-state index contributed by atoms with van der Waals surface area (Å²) < 4.78 is 5.97. The van der Waals surface area contributed by atoms with E-state index in [0.717, 1.165) is 22.4 Å². The number of nitrogens with one attached hydrogen (secondary N) is 1. The fraction of sp³-hybridized carbons (Fsp3) is 0.174. The molecule has 2 heterocycles. The number of carbonyl (C=O) groups excluding carboxylic acids is 2. The summed E-state index contributed by atoms with van der Waals surface area (Å²) in [5, 5.41) is 3.16. The topological polar surface area (TPSA) is 68.3 Å². The first-order chi connectivity index (χ1) is 14.0. The molecule has 0 saturated heterocycles. The first kappa shape index (κ1) is 19.2. The van der Waals surface area contributed by atoms with Crippen LogP contribution in [0.25, 0.3) is 11.1 Å². The Morgan fingerprint density at radius 2 is 2.00 bits per heavy atom. The van der Waals surface area contributed by atoms with Crippen LogP contribution in [0.2, 0.25) is 5.15 Å². The van der Waals surface area contributed by atoms with Crippen LogP contribution in [-0.2, 0) is 6.42 Å². The van der Waals surface area contributed by atoms with Crippen molar-refractivity contribution in [2.75, 3.05) is 6.54 Å². The number of Topliss-reactive ketones (excluding diaryl/α,β-unsaturated/α-hetero) is 1. The van der Waals surface area contributed by atoms with E-state index < -0.39 is 0 Å². The lowest BCUT2D eigenvalue weighted by atomic mass is 9.95. The Kier molecular flexibility index (Phi) is 5.32. The van der Waals surface area contributed by atoms with E-state index in [2.05, 4.69) is 16.4 Å². The number of amides is 1. The number of ether oxygens (including phenoxy) is 1. The lowest BCUT2D eigenvalue weighted by Crippen LogP contribution is -2.34. The molecule has 3 aromatic rings. The van der Waals surface area contributed by atoms with Gasteiger partial charge < -0.3 is 10.1 Å². The molecule has 2 aromatic carbocycles. The van der Waals surface area contributed by atoms with E-state index in [1.807, 2.05) is 36.4 Å². The highest BCUT2D eigenvalue weighted by molar-refractivity contribution is 6.29. The third-order valence-corrected chi connectivity index (χ3v) is 5.10. The summed E-state index contributed by atoms with van der Waals surface area (Å²) in [6, 6.07) is 16.7. The van der Waals surface area contributed by atoms with E-state index in [1.165, 1.54) is 12.3 Å². The fourth-order valence-corrected chi connectivity index (χ4v) is 3.67. The van der Waals surface area contributed by atoms with Crippen molar-refractivity contribution in [2.45, 2.75) is 19.4 Å². The highest BCUT2D eigenvalue weighted by atomic mass is 35.5. The largest absolute Gasteiger partial charge is 0.488 e. The van der Waals surface area contributed by atoms with E-state index in [1.54, 1.807) is 13.0 Å². The Morgan fingerprint density at radius 3 is 2.79 bits per heavy atom. The monoisotopic (exact) mass is 406 g/mol. The van der Waals surface area contributed by atoms with Gasteiger partial charge in [0.05, 0.1) is 6.54 Å². The minimum atomic E-state index is -0.218. The molecule has 0 fully saturated rings. The molecule has 1 unspecified atom stereocenters. The van der Waals surface area contributed by atoms with Crippen molar-refractivity contribution >= 4 is 23.3 Å². The highest BCUT2D eigenvalue weighted by Gasteiger charge is 2.24. The Bertz CT molecular complexity index is 1100. The number of carbonyl (C=O) groups is 2. The smallest absolute Gasteiger partial charge is 0.251 e. The normalized spacial score (nSPS) is 14.8. The molecule has 6 heteroatoms. The number of aromatic nitrogens is 1. The van der Waals surface area contributed by atoms with Crippen LogP contribution >= 0.6 is 11.6 Å². The van der Waals surface area contributed by atoms with Gasteiger partial charge in [-0.25, -0.2) is 4.98 Å². The molecular formula is C23H19ClN2O3. The molecule has 29 heavy (non-hydrogen) atoms. The minimum absolute atomic E-state index is 0.0363. The van der Waals surface area contributed by atoms with Gasteiger partial charge in [0, 0.05) is 23.7 Å². The number of rotatable bonds is 5. The van der Waals surface area contributed by atoms with Crippen molar-refractivity contribution in [3.63, 3.8) is 0 Å². The zero-order chi connectivity index (χ0) is 20.4. The molecule has 1 N–H and O–H groups in total. The molecule has 0 radical (unpaired) electrons. The fourth-order valence-electron chi connectivity index (χ4n) is 3.50. The molecular weight excluding hydrogens is 388 g/mol. The molecule has 1 aliphatic rings. The Morgan fingerprint density at radius 1 is 1.17 bits per heavy atom. The molecule has 4 rings (SSSR count). The lowest BCUT2D eigenvalue weighted by molar-refractivity contribution is 0.0932. The van der Waals surface area contributed by atoms with E-state index in [9.17, 15) is 9.59 Å². The lowest BCUT2D eigenvalue weighted by Gasteiger charge is -2.12. The van der Waals surface area contributed by atoms with E-state index in [4.69, 9.17) is 16.3 Å². The van der Waals surface area contributed by atoms with Crippen molar-refractivity contribution in [1.82, 2.24) is 10.3 Å². The molecule has 0 saturated carbocycles. The number of halogens is 1. The quantitative estimate of drug-likeness (QED) is 0.505. The summed E-state index contributed by atoms with van der Waals surface area (Å²) in [7, 11) is 0. The van der Waals surface area contributed by atoms with Gasteiger partial charge in [0.15, 0.2) is 5.78 Å². The van der Waals surface area contributed by atoms with Gasteiger partial charge in [-0.2, -0.15) is 0 Å². The average molecular weight is 407 g/mol. The van der Waals surface area contributed by atoms with Gasteiger partial charge in [0.1, 0.15) is 17.0 Å². The number of hydrogen-bond donors (Lipinski definition) is 1. The maximum atomic E-state index is 12.3. The van der Waals surface area contributed by atoms with Gasteiger partial charge in [-0.3, -0.25) is 9.59 Å². The summed E-state index contributed by atoms with van der Waals surface area (Å²) in [5.41, 5.74) is 4.12. The van der Waals surface area contributed by atoms with Crippen LogP contribution in [0.1, 0.15) is 33.2 Å². The van der Waals surface area contributed by atoms with Crippen LogP contribution in [0.4, 0.5) is 0 Å². The zero-order valence-corrected chi connectivity index (χ0v) is 16.6. The predicted molar refractivity (Wildman–Crippen MR) is 112 cm³/mol. The highest BCUT2D eigenvalue weighted by Crippen LogP contribution is 2.34. The van der Waals surface area contributed by atoms with Gasteiger partial charge in [-0.05, 0) is 47.9 Å². The van der Waals surface area contributed by atoms with Crippen LogP contribution in [-0.4, -0.2) is 29.3 Å². The Labute approximate surface area is 173 Å². The second-order valence-corrected chi connectivity index (χ2v) is 7.33. The first-order valence-corrected chi connectivity index (χ1v) is 9.69. The molecule has 5 nitrogen and oxygen atoms in total. The molecule has 1 atom stereocenters. The molecule has 0 spiro atoms. The van der Waals surface area contributed by atoms with Gasteiger partial charge in [0.25, 0.3) is 5.91 Å². The summed E-state index contributed by atoms with van der Waals surface area (Å²) >= 11 is 5.84. The molecule has 0 bridgehead atoms. The number of benzene rings is 2. The van der Waals surface area contributed by atoms with Crippen LogP contribution in [0.3, 0.4) is 0 Å². The number of hydrogen-bond acceptors (Lipinski definition) is 4. The Hall–Kier alpha value is -3.18. The van der Waals surface area contributed by atoms with Crippen LogP contribution in [0, 0.1) is 0 Å². The maximum Gasteiger partial charge on any atom is 0.251 e. The summed E-state index contributed by atoms with van der Waals surface area (Å²) in [6.07, 6.45) is 2.03.